The minimum atomic E-state index is -0.966. The van der Waals surface area contributed by atoms with Gasteiger partial charge >= 0.3 is 5.97 Å². The molecule has 0 aromatic heterocycles. The number of aliphatic carboxylic acids is 1. The van der Waals surface area contributed by atoms with Crippen molar-refractivity contribution in [3.05, 3.63) is 35.9 Å². The van der Waals surface area contributed by atoms with Gasteiger partial charge < -0.3 is 15.3 Å². The number of carboxylic acid groups (broad SMARTS) is 1. The van der Waals surface area contributed by atoms with Crippen LogP contribution in [0.2, 0.25) is 0 Å². The second-order valence-electron chi connectivity index (χ2n) is 4.11. The molecule has 0 radical (unpaired) electrons. The maximum Gasteiger partial charge on any atom is 0.328 e. The molecular weight excluding hydrogens is 244 g/mol. The predicted octanol–water partition coefficient (Wildman–Crippen LogP) is 1.36. The van der Waals surface area contributed by atoms with Crippen LogP contribution >= 0.6 is 0 Å². The number of benzene rings is 1. The van der Waals surface area contributed by atoms with Gasteiger partial charge in [-0.1, -0.05) is 12.1 Å². The Labute approximate surface area is 112 Å². The molecule has 0 spiro atoms. The fourth-order valence-corrected chi connectivity index (χ4v) is 1.53. The van der Waals surface area contributed by atoms with Crippen molar-refractivity contribution in [2.24, 2.45) is 0 Å². The van der Waals surface area contributed by atoms with Crippen LogP contribution in [0.25, 0.3) is 6.08 Å². The van der Waals surface area contributed by atoms with Crippen molar-refractivity contribution in [2.75, 3.05) is 25.5 Å². The molecule has 0 aliphatic heterocycles. The average molecular weight is 262 g/mol. The Hall–Kier alpha value is -2.30. The number of rotatable bonds is 6. The Balaban J connectivity index is 2.60. The zero-order chi connectivity index (χ0) is 14.3. The minimum Gasteiger partial charge on any atom is -0.478 e. The van der Waals surface area contributed by atoms with Crippen molar-refractivity contribution < 1.29 is 14.7 Å². The fraction of sp³-hybridized carbons (Fsp3) is 0.286. The summed E-state index contributed by atoms with van der Waals surface area (Å²) in [4.78, 5) is 23.5. The molecule has 0 heterocycles. The topological polar surface area (TPSA) is 69.6 Å². The molecule has 1 aromatic rings. The molecule has 0 aliphatic rings. The summed E-state index contributed by atoms with van der Waals surface area (Å²) in [5.41, 5.74) is 1.81. The first-order chi connectivity index (χ1) is 9.02. The summed E-state index contributed by atoms with van der Waals surface area (Å²) in [6.45, 7) is 0.629. The van der Waals surface area contributed by atoms with Gasteiger partial charge in [0, 0.05) is 38.8 Å². The quantitative estimate of drug-likeness (QED) is 0.759. The van der Waals surface area contributed by atoms with Crippen LogP contribution in [0.1, 0.15) is 12.0 Å². The highest BCUT2D eigenvalue weighted by molar-refractivity contribution is 5.85. The molecule has 102 valence electrons. The Morgan fingerprint density at radius 1 is 1.32 bits per heavy atom. The Bertz CT molecular complexity index is 466. The lowest BCUT2D eigenvalue weighted by Crippen LogP contribution is -2.26. The molecule has 1 aromatic carbocycles. The van der Waals surface area contributed by atoms with E-state index in [1.165, 1.54) is 6.08 Å². The minimum absolute atomic E-state index is 0.00728. The van der Waals surface area contributed by atoms with Gasteiger partial charge in [0.1, 0.15) is 0 Å². The lowest BCUT2D eigenvalue weighted by molar-refractivity contribution is -0.131. The number of nitrogens with zero attached hydrogens (tertiary/aromatic N) is 1. The van der Waals surface area contributed by atoms with Gasteiger partial charge in [-0.05, 0) is 23.8 Å². The van der Waals surface area contributed by atoms with Crippen LogP contribution in [0, 0.1) is 0 Å². The maximum atomic E-state index is 11.1. The lowest BCUT2D eigenvalue weighted by atomic mass is 10.2. The number of carbonyl (C=O) groups excluding carboxylic acids is 1. The molecule has 5 heteroatoms. The van der Waals surface area contributed by atoms with Gasteiger partial charge in [-0.25, -0.2) is 4.79 Å². The molecular formula is C14H18N2O3. The number of carboxylic acids is 1. The Morgan fingerprint density at radius 3 is 2.47 bits per heavy atom. The van der Waals surface area contributed by atoms with Crippen LogP contribution < -0.4 is 10.2 Å². The maximum absolute atomic E-state index is 11.1. The van der Waals surface area contributed by atoms with Crippen LogP contribution in [-0.4, -0.2) is 37.6 Å². The third-order valence-electron chi connectivity index (χ3n) is 2.71. The zero-order valence-electron chi connectivity index (χ0n) is 11.1. The molecule has 0 aliphatic carbocycles. The van der Waals surface area contributed by atoms with E-state index < -0.39 is 5.97 Å². The second kappa shape index (κ2) is 7.20. The van der Waals surface area contributed by atoms with E-state index in [0.29, 0.717) is 13.0 Å². The van der Waals surface area contributed by atoms with Crippen LogP contribution in [0.3, 0.4) is 0 Å². The average Bonchev–Trinajstić information content (AvgIpc) is 2.42. The summed E-state index contributed by atoms with van der Waals surface area (Å²) >= 11 is 0. The van der Waals surface area contributed by atoms with Gasteiger partial charge in [0.25, 0.3) is 0 Å². The number of hydrogen-bond donors (Lipinski definition) is 2. The van der Waals surface area contributed by atoms with Crippen LogP contribution in [0.5, 0.6) is 0 Å². The van der Waals surface area contributed by atoms with Crippen molar-refractivity contribution in [1.82, 2.24) is 5.32 Å². The van der Waals surface area contributed by atoms with E-state index in [9.17, 15) is 9.59 Å². The highest BCUT2D eigenvalue weighted by atomic mass is 16.4. The van der Waals surface area contributed by atoms with E-state index in [2.05, 4.69) is 5.32 Å². The van der Waals surface area contributed by atoms with Crippen LogP contribution in [0.15, 0.2) is 30.3 Å². The predicted molar refractivity (Wildman–Crippen MR) is 75.1 cm³/mol. The molecule has 5 nitrogen and oxygen atoms in total. The molecule has 0 bridgehead atoms. The first-order valence-corrected chi connectivity index (χ1v) is 5.95. The molecule has 0 fully saturated rings. The third-order valence-corrected chi connectivity index (χ3v) is 2.71. The van der Waals surface area contributed by atoms with Gasteiger partial charge in [0.15, 0.2) is 0 Å². The summed E-state index contributed by atoms with van der Waals surface area (Å²) in [6.07, 6.45) is 3.08. The third kappa shape index (κ3) is 5.25. The van der Waals surface area contributed by atoms with E-state index in [-0.39, 0.29) is 5.91 Å². The molecule has 2 N–H and O–H groups in total. The number of hydrogen-bond acceptors (Lipinski definition) is 3. The van der Waals surface area contributed by atoms with E-state index in [0.717, 1.165) is 17.3 Å². The van der Waals surface area contributed by atoms with Crippen molar-refractivity contribution in [1.29, 1.82) is 0 Å². The van der Waals surface area contributed by atoms with Crippen LogP contribution in [0.4, 0.5) is 5.69 Å². The number of anilines is 1. The Morgan fingerprint density at radius 2 is 1.95 bits per heavy atom. The fourth-order valence-electron chi connectivity index (χ4n) is 1.53. The Kier molecular flexibility index (Phi) is 5.60. The second-order valence-corrected chi connectivity index (χ2v) is 4.11. The zero-order valence-corrected chi connectivity index (χ0v) is 11.1. The van der Waals surface area contributed by atoms with E-state index in [4.69, 9.17) is 5.11 Å². The summed E-state index contributed by atoms with van der Waals surface area (Å²) < 4.78 is 0. The van der Waals surface area contributed by atoms with Crippen molar-refractivity contribution in [3.8, 4) is 0 Å². The van der Waals surface area contributed by atoms with Gasteiger partial charge in [-0.15, -0.1) is 0 Å². The first-order valence-electron chi connectivity index (χ1n) is 5.95. The van der Waals surface area contributed by atoms with E-state index >= 15 is 0 Å². The van der Waals surface area contributed by atoms with Gasteiger partial charge in [-0.2, -0.15) is 0 Å². The van der Waals surface area contributed by atoms with Crippen molar-refractivity contribution >= 4 is 23.6 Å². The van der Waals surface area contributed by atoms with Gasteiger partial charge in [0.2, 0.25) is 5.91 Å². The smallest absolute Gasteiger partial charge is 0.328 e. The monoisotopic (exact) mass is 262 g/mol. The number of amides is 1. The number of carbonyl (C=O) groups is 2. The van der Waals surface area contributed by atoms with Crippen molar-refractivity contribution in [3.63, 3.8) is 0 Å². The molecule has 0 atom stereocenters. The first kappa shape index (κ1) is 14.8. The largest absolute Gasteiger partial charge is 0.478 e. The van der Waals surface area contributed by atoms with Gasteiger partial charge in [0.05, 0.1) is 0 Å². The normalized spacial score (nSPS) is 10.4. The van der Waals surface area contributed by atoms with Crippen molar-refractivity contribution in [2.45, 2.75) is 6.42 Å². The SMILES string of the molecule is CNC(=O)CCN(C)c1ccc(/C=C/C(=O)O)cc1. The molecule has 1 amide bonds. The summed E-state index contributed by atoms with van der Waals surface area (Å²) in [5.74, 6) is -0.959. The molecule has 19 heavy (non-hydrogen) atoms. The highest BCUT2D eigenvalue weighted by Gasteiger charge is 2.03. The summed E-state index contributed by atoms with van der Waals surface area (Å²) in [5, 5.41) is 11.1. The van der Waals surface area contributed by atoms with Gasteiger partial charge in [-0.3, -0.25) is 4.79 Å². The van der Waals surface area contributed by atoms with E-state index in [1.54, 1.807) is 7.05 Å². The van der Waals surface area contributed by atoms with Crippen LogP contribution in [-0.2, 0) is 9.59 Å². The number of nitrogens with one attached hydrogen (secondary N) is 1. The van der Waals surface area contributed by atoms with E-state index in [1.807, 2.05) is 36.2 Å². The standard InChI is InChI=1S/C14H18N2O3/c1-15-13(17)9-10-16(2)12-6-3-11(4-7-12)5-8-14(18)19/h3-8H,9-10H2,1-2H3,(H,15,17)(H,18,19)/b8-5+. The molecule has 1 rings (SSSR count). The molecule has 0 saturated carbocycles. The lowest BCUT2D eigenvalue weighted by Gasteiger charge is -2.18. The molecule has 0 unspecified atom stereocenters. The summed E-state index contributed by atoms with van der Waals surface area (Å²) in [6, 6.07) is 7.47. The highest BCUT2D eigenvalue weighted by Crippen LogP contribution is 2.14. The molecule has 0 saturated heterocycles. The summed E-state index contributed by atoms with van der Waals surface area (Å²) in [7, 11) is 3.52.